The summed E-state index contributed by atoms with van der Waals surface area (Å²) < 4.78 is 0. The Morgan fingerprint density at radius 3 is 2.59 bits per heavy atom. The Hall–Kier alpha value is -2.63. The van der Waals surface area contributed by atoms with E-state index < -0.39 is 0 Å². The molecule has 0 bridgehead atoms. The zero-order valence-corrected chi connectivity index (χ0v) is 16.9. The maximum Gasteiger partial charge on any atom is 0.242 e. The van der Waals surface area contributed by atoms with Crippen LogP contribution >= 0.6 is 0 Å². The van der Waals surface area contributed by atoms with E-state index in [0.717, 1.165) is 42.9 Å². The molecule has 0 unspecified atom stereocenters. The number of amides is 1. The number of guanidine groups is 1. The second-order valence-electron chi connectivity index (χ2n) is 6.40. The Morgan fingerprint density at radius 1 is 1.15 bits per heavy atom. The summed E-state index contributed by atoms with van der Waals surface area (Å²) in [5, 5.41) is 4.42. The largest absolute Gasteiger partial charge is 0.357 e. The van der Waals surface area contributed by atoms with Crippen molar-refractivity contribution in [3.8, 4) is 0 Å². The summed E-state index contributed by atoms with van der Waals surface area (Å²) in [5.74, 6) is 0.873. The van der Waals surface area contributed by atoms with Crippen LogP contribution in [0.4, 0.5) is 0 Å². The molecule has 0 spiro atoms. The Morgan fingerprint density at radius 2 is 1.89 bits per heavy atom. The molecule has 0 saturated carbocycles. The van der Waals surface area contributed by atoms with Crippen LogP contribution in [-0.2, 0) is 11.2 Å². The molecule has 1 aromatic heterocycles. The molecule has 1 amide bonds. The number of nitrogens with zero attached hydrogens (tertiary/aromatic N) is 4. The zero-order valence-electron chi connectivity index (χ0n) is 16.9. The van der Waals surface area contributed by atoms with Gasteiger partial charge in [-0.15, -0.1) is 0 Å². The number of rotatable bonds is 8. The summed E-state index contributed by atoms with van der Waals surface area (Å²) in [7, 11) is 1.91. The number of benzene rings is 1. The Bertz CT molecular complexity index is 765. The van der Waals surface area contributed by atoms with Gasteiger partial charge in [-0.1, -0.05) is 24.3 Å². The summed E-state index contributed by atoms with van der Waals surface area (Å²) in [6, 6.07) is 10.3. The van der Waals surface area contributed by atoms with E-state index >= 15 is 0 Å². The number of hydrogen-bond donors (Lipinski definition) is 1. The van der Waals surface area contributed by atoms with Gasteiger partial charge in [0.1, 0.15) is 0 Å². The van der Waals surface area contributed by atoms with Crippen molar-refractivity contribution in [3.63, 3.8) is 0 Å². The molecule has 27 heavy (non-hydrogen) atoms. The van der Waals surface area contributed by atoms with Crippen LogP contribution in [0.15, 0.2) is 41.5 Å². The third-order valence-electron chi connectivity index (χ3n) is 4.54. The van der Waals surface area contributed by atoms with Gasteiger partial charge in [0, 0.05) is 44.8 Å². The van der Waals surface area contributed by atoms with Crippen molar-refractivity contribution in [2.75, 3.05) is 39.8 Å². The average molecular weight is 370 g/mol. The molecule has 0 saturated heterocycles. The molecule has 2 aromatic rings. The molecule has 6 nitrogen and oxygen atoms in total. The van der Waals surface area contributed by atoms with Crippen molar-refractivity contribution in [1.82, 2.24) is 20.1 Å². The highest BCUT2D eigenvalue weighted by atomic mass is 16.2. The minimum absolute atomic E-state index is 0.117. The lowest BCUT2D eigenvalue weighted by atomic mass is 10.1. The number of carbonyl (C=O) groups is 1. The Labute approximate surface area is 162 Å². The monoisotopic (exact) mass is 369 g/mol. The zero-order chi connectivity index (χ0) is 19.6. The van der Waals surface area contributed by atoms with E-state index in [1.54, 1.807) is 0 Å². The highest BCUT2D eigenvalue weighted by molar-refractivity contribution is 5.86. The van der Waals surface area contributed by atoms with Gasteiger partial charge in [0.2, 0.25) is 5.91 Å². The second-order valence-corrected chi connectivity index (χ2v) is 6.40. The first kappa shape index (κ1) is 20.7. The molecule has 0 aliphatic rings. The van der Waals surface area contributed by atoms with Gasteiger partial charge >= 0.3 is 0 Å². The van der Waals surface area contributed by atoms with Crippen molar-refractivity contribution in [2.45, 2.75) is 27.2 Å². The molecular formula is C21H31N5O. The second kappa shape index (κ2) is 10.5. The normalized spacial score (nSPS) is 11.5. The lowest BCUT2D eigenvalue weighted by molar-refractivity contribution is -0.131. The van der Waals surface area contributed by atoms with E-state index in [2.05, 4.69) is 34.6 Å². The topological polar surface area (TPSA) is 60.8 Å². The van der Waals surface area contributed by atoms with Gasteiger partial charge in [0.05, 0.1) is 12.1 Å². The minimum Gasteiger partial charge on any atom is -0.357 e. The minimum atomic E-state index is 0.117. The lowest BCUT2D eigenvalue weighted by Gasteiger charge is -2.25. The number of para-hydroxylation sites is 1. The number of carbonyl (C=O) groups excluding carboxylic acids is 1. The van der Waals surface area contributed by atoms with E-state index in [4.69, 9.17) is 4.99 Å². The van der Waals surface area contributed by atoms with E-state index in [0.29, 0.717) is 13.1 Å². The summed E-state index contributed by atoms with van der Waals surface area (Å²) >= 11 is 0. The van der Waals surface area contributed by atoms with Crippen LogP contribution in [0.3, 0.4) is 0 Å². The van der Waals surface area contributed by atoms with Crippen molar-refractivity contribution in [2.24, 2.45) is 4.99 Å². The van der Waals surface area contributed by atoms with E-state index in [1.165, 1.54) is 5.56 Å². The lowest BCUT2D eigenvalue weighted by Crippen LogP contribution is -2.45. The Balaban J connectivity index is 2.05. The fourth-order valence-electron chi connectivity index (χ4n) is 3.08. The molecule has 0 atom stereocenters. The highest BCUT2D eigenvalue weighted by Gasteiger charge is 2.15. The molecule has 0 radical (unpaired) electrons. The van der Waals surface area contributed by atoms with Gasteiger partial charge in [-0.2, -0.15) is 0 Å². The van der Waals surface area contributed by atoms with Crippen LogP contribution in [0, 0.1) is 0 Å². The first-order valence-corrected chi connectivity index (χ1v) is 9.70. The number of aromatic nitrogens is 1. The molecule has 0 fully saturated rings. The number of likely N-dealkylation sites (N-methyl/N-ethyl adjacent to an activating group) is 2. The summed E-state index contributed by atoms with van der Waals surface area (Å²) in [5.41, 5.74) is 2.22. The maximum atomic E-state index is 12.4. The third-order valence-corrected chi connectivity index (χ3v) is 4.54. The first-order valence-electron chi connectivity index (χ1n) is 9.70. The number of hydrogen-bond acceptors (Lipinski definition) is 3. The molecule has 1 N–H and O–H groups in total. The predicted octanol–water partition coefficient (Wildman–Crippen LogP) is 2.54. The number of pyridine rings is 1. The predicted molar refractivity (Wildman–Crippen MR) is 112 cm³/mol. The first-order chi connectivity index (χ1) is 13.1. The third kappa shape index (κ3) is 5.67. The van der Waals surface area contributed by atoms with E-state index in [9.17, 15) is 4.79 Å². The maximum absolute atomic E-state index is 12.4. The van der Waals surface area contributed by atoms with E-state index in [1.807, 2.05) is 49.9 Å². The van der Waals surface area contributed by atoms with Crippen LogP contribution in [0.5, 0.6) is 0 Å². The Kier molecular flexibility index (Phi) is 8.04. The highest BCUT2D eigenvalue weighted by Crippen LogP contribution is 2.16. The molecular weight excluding hydrogens is 338 g/mol. The molecule has 6 heteroatoms. The SMILES string of the molecule is CCNC(=NCCc1cccc2cccnc12)N(C)CC(=O)N(CC)CC. The summed E-state index contributed by atoms with van der Waals surface area (Å²) in [4.78, 5) is 25.3. The summed E-state index contributed by atoms with van der Waals surface area (Å²) in [6.45, 7) is 9.21. The smallest absolute Gasteiger partial charge is 0.242 e. The van der Waals surface area contributed by atoms with Crippen LogP contribution < -0.4 is 5.32 Å². The van der Waals surface area contributed by atoms with Crippen molar-refractivity contribution < 1.29 is 4.79 Å². The standard InChI is InChI=1S/C21H31N5O/c1-5-22-21(25(4)16-19(27)26(6-2)7-3)24-15-13-18-11-8-10-17-12-9-14-23-20(17)18/h8-12,14H,5-7,13,15-16H2,1-4H3,(H,22,24). The molecule has 0 aliphatic heterocycles. The van der Waals surface area contributed by atoms with Crippen LogP contribution in [-0.4, -0.2) is 66.4 Å². The van der Waals surface area contributed by atoms with Crippen molar-refractivity contribution >= 4 is 22.8 Å². The van der Waals surface area contributed by atoms with Gasteiger partial charge in [-0.25, -0.2) is 0 Å². The van der Waals surface area contributed by atoms with Gasteiger partial charge in [-0.05, 0) is 38.8 Å². The number of fused-ring (bicyclic) bond motifs is 1. The molecule has 1 aromatic carbocycles. The quantitative estimate of drug-likeness (QED) is 0.574. The molecule has 2 rings (SSSR count). The van der Waals surface area contributed by atoms with Gasteiger partial charge < -0.3 is 15.1 Å². The van der Waals surface area contributed by atoms with Crippen LogP contribution in [0.2, 0.25) is 0 Å². The summed E-state index contributed by atoms with van der Waals surface area (Å²) in [6.07, 6.45) is 2.63. The average Bonchev–Trinajstić information content (AvgIpc) is 2.68. The molecule has 1 heterocycles. The van der Waals surface area contributed by atoms with Gasteiger partial charge in [0.15, 0.2) is 5.96 Å². The van der Waals surface area contributed by atoms with Crippen LogP contribution in [0.1, 0.15) is 26.3 Å². The van der Waals surface area contributed by atoms with E-state index in [-0.39, 0.29) is 5.91 Å². The van der Waals surface area contributed by atoms with Gasteiger partial charge in [0.25, 0.3) is 0 Å². The molecule has 0 aliphatic carbocycles. The van der Waals surface area contributed by atoms with Crippen molar-refractivity contribution in [1.29, 1.82) is 0 Å². The van der Waals surface area contributed by atoms with Gasteiger partial charge in [-0.3, -0.25) is 14.8 Å². The van der Waals surface area contributed by atoms with Crippen LogP contribution in [0.25, 0.3) is 10.9 Å². The number of aliphatic imine (C=N–C) groups is 1. The number of nitrogens with one attached hydrogen (secondary N) is 1. The van der Waals surface area contributed by atoms with Crippen molar-refractivity contribution in [3.05, 3.63) is 42.1 Å². The fourth-order valence-corrected chi connectivity index (χ4v) is 3.08. The molecule has 146 valence electrons. The fraction of sp³-hybridized carbons (Fsp3) is 0.476.